The van der Waals surface area contributed by atoms with Gasteiger partial charge in [-0.2, -0.15) is 0 Å². The summed E-state index contributed by atoms with van der Waals surface area (Å²) < 4.78 is 1.80. The first kappa shape index (κ1) is 16.7. The van der Waals surface area contributed by atoms with Crippen molar-refractivity contribution in [3.05, 3.63) is 40.4 Å². The average Bonchev–Trinajstić information content (AvgIpc) is 2.51. The quantitative estimate of drug-likeness (QED) is 0.851. The Morgan fingerprint density at radius 3 is 2.59 bits per heavy atom. The molecule has 1 atom stereocenters. The first-order valence-corrected chi connectivity index (χ1v) is 8.31. The molecule has 0 spiro atoms. The zero-order chi connectivity index (χ0) is 16.1. The lowest BCUT2D eigenvalue weighted by atomic mass is 10.1. The molecule has 0 bridgehead atoms. The highest BCUT2D eigenvalue weighted by Crippen LogP contribution is 2.17. The second-order valence-electron chi connectivity index (χ2n) is 6.13. The summed E-state index contributed by atoms with van der Waals surface area (Å²) in [5.74, 6) is 1.53. The van der Waals surface area contributed by atoms with Crippen molar-refractivity contribution in [3.63, 3.8) is 0 Å². The van der Waals surface area contributed by atoms with E-state index in [-0.39, 0.29) is 11.6 Å². The van der Waals surface area contributed by atoms with Crippen LogP contribution in [0.5, 0.6) is 0 Å². The van der Waals surface area contributed by atoms with Crippen LogP contribution in [0.15, 0.2) is 29.1 Å². The monoisotopic (exact) mass is 301 g/mol. The molecule has 120 valence electrons. The number of nitrogens with one attached hydrogen (secondary N) is 1. The van der Waals surface area contributed by atoms with Crippen LogP contribution >= 0.6 is 0 Å². The number of hydrogen-bond donors (Lipinski definition) is 1. The molecule has 22 heavy (non-hydrogen) atoms. The van der Waals surface area contributed by atoms with E-state index >= 15 is 0 Å². The number of rotatable bonds is 7. The van der Waals surface area contributed by atoms with Crippen molar-refractivity contribution in [2.45, 2.75) is 53.1 Å². The van der Waals surface area contributed by atoms with Gasteiger partial charge < -0.3 is 5.32 Å². The van der Waals surface area contributed by atoms with Crippen LogP contribution in [0.25, 0.3) is 10.9 Å². The Hall–Kier alpha value is -1.68. The van der Waals surface area contributed by atoms with E-state index in [2.05, 4.69) is 26.1 Å². The number of hydrogen-bond acceptors (Lipinski definition) is 3. The summed E-state index contributed by atoms with van der Waals surface area (Å²) in [5, 5.41) is 4.26. The number of nitrogens with zero attached hydrogens (tertiary/aromatic N) is 2. The van der Waals surface area contributed by atoms with E-state index in [1.54, 1.807) is 4.57 Å². The molecule has 2 rings (SSSR count). The van der Waals surface area contributed by atoms with Gasteiger partial charge in [-0.25, -0.2) is 4.98 Å². The SMILES string of the molecule is CCC(NCCC(C)C)c1nc2ccccc2c(=O)n1CC. The molecule has 0 aliphatic carbocycles. The van der Waals surface area contributed by atoms with Crippen LogP contribution < -0.4 is 10.9 Å². The second kappa shape index (κ2) is 7.54. The Morgan fingerprint density at radius 2 is 1.95 bits per heavy atom. The van der Waals surface area contributed by atoms with E-state index in [4.69, 9.17) is 4.98 Å². The lowest BCUT2D eigenvalue weighted by molar-refractivity contribution is 0.436. The van der Waals surface area contributed by atoms with Gasteiger partial charge in [-0.1, -0.05) is 32.9 Å². The van der Waals surface area contributed by atoms with Gasteiger partial charge in [0.2, 0.25) is 0 Å². The number of benzene rings is 1. The molecule has 4 heteroatoms. The molecule has 2 aromatic rings. The Kier molecular flexibility index (Phi) is 5.72. The third-order valence-electron chi connectivity index (χ3n) is 4.04. The van der Waals surface area contributed by atoms with Crippen molar-refractivity contribution in [1.29, 1.82) is 0 Å². The molecular weight excluding hydrogens is 274 g/mol. The normalized spacial score (nSPS) is 13.0. The van der Waals surface area contributed by atoms with Crippen LogP contribution in [0.4, 0.5) is 0 Å². The van der Waals surface area contributed by atoms with Crippen molar-refractivity contribution in [2.75, 3.05) is 6.54 Å². The van der Waals surface area contributed by atoms with Gasteiger partial charge in [0.05, 0.1) is 16.9 Å². The lowest BCUT2D eigenvalue weighted by Gasteiger charge is -2.21. The fourth-order valence-electron chi connectivity index (χ4n) is 2.72. The molecule has 1 N–H and O–H groups in total. The van der Waals surface area contributed by atoms with Crippen molar-refractivity contribution in [2.24, 2.45) is 5.92 Å². The first-order chi connectivity index (χ1) is 10.6. The fourth-order valence-corrected chi connectivity index (χ4v) is 2.72. The predicted octanol–water partition coefficient (Wildman–Crippen LogP) is 3.50. The summed E-state index contributed by atoms with van der Waals surface area (Å²) in [6.45, 7) is 10.2. The third-order valence-corrected chi connectivity index (χ3v) is 4.04. The molecule has 4 nitrogen and oxygen atoms in total. The molecule has 0 aliphatic heterocycles. The van der Waals surface area contributed by atoms with Crippen LogP contribution in [0.1, 0.15) is 52.4 Å². The average molecular weight is 301 g/mol. The van der Waals surface area contributed by atoms with E-state index < -0.39 is 0 Å². The Labute approximate surface area is 132 Å². The van der Waals surface area contributed by atoms with E-state index in [0.717, 1.165) is 30.7 Å². The Balaban J connectivity index is 2.41. The summed E-state index contributed by atoms with van der Waals surface area (Å²) in [6, 6.07) is 7.72. The summed E-state index contributed by atoms with van der Waals surface area (Å²) >= 11 is 0. The highest BCUT2D eigenvalue weighted by molar-refractivity contribution is 5.77. The predicted molar refractivity (Wildman–Crippen MR) is 92.2 cm³/mol. The van der Waals surface area contributed by atoms with Gasteiger partial charge in [0, 0.05) is 6.54 Å². The van der Waals surface area contributed by atoms with Crippen LogP contribution in [0.3, 0.4) is 0 Å². The molecule has 0 saturated heterocycles. The van der Waals surface area contributed by atoms with Crippen LogP contribution in [0, 0.1) is 5.92 Å². The molecular formula is C18H27N3O. The van der Waals surface area contributed by atoms with Gasteiger partial charge in [-0.15, -0.1) is 0 Å². The number of aromatic nitrogens is 2. The van der Waals surface area contributed by atoms with E-state index in [9.17, 15) is 4.79 Å². The zero-order valence-electron chi connectivity index (χ0n) is 14.1. The zero-order valence-corrected chi connectivity index (χ0v) is 14.1. The summed E-state index contributed by atoms with van der Waals surface area (Å²) in [7, 11) is 0. The highest BCUT2D eigenvalue weighted by atomic mass is 16.1. The van der Waals surface area contributed by atoms with Gasteiger partial charge in [0.15, 0.2) is 0 Å². The first-order valence-electron chi connectivity index (χ1n) is 8.31. The maximum atomic E-state index is 12.7. The minimum atomic E-state index is 0.0622. The largest absolute Gasteiger partial charge is 0.307 e. The minimum absolute atomic E-state index is 0.0622. The molecule has 1 unspecified atom stereocenters. The maximum absolute atomic E-state index is 12.7. The van der Waals surface area contributed by atoms with E-state index in [1.165, 1.54) is 0 Å². The number of para-hydroxylation sites is 1. The molecule has 1 aromatic heterocycles. The number of fused-ring (bicyclic) bond motifs is 1. The van der Waals surface area contributed by atoms with E-state index in [1.807, 2.05) is 31.2 Å². The third kappa shape index (κ3) is 3.55. The van der Waals surface area contributed by atoms with Crippen molar-refractivity contribution >= 4 is 10.9 Å². The van der Waals surface area contributed by atoms with Gasteiger partial charge in [0.1, 0.15) is 5.82 Å². The molecule has 0 radical (unpaired) electrons. The lowest BCUT2D eigenvalue weighted by Crippen LogP contribution is -2.32. The molecule has 1 aromatic carbocycles. The Morgan fingerprint density at radius 1 is 1.23 bits per heavy atom. The molecule has 0 amide bonds. The van der Waals surface area contributed by atoms with Gasteiger partial charge >= 0.3 is 0 Å². The van der Waals surface area contributed by atoms with E-state index in [0.29, 0.717) is 17.8 Å². The van der Waals surface area contributed by atoms with Gasteiger partial charge in [-0.3, -0.25) is 9.36 Å². The topological polar surface area (TPSA) is 46.9 Å². The standard InChI is InChI=1S/C18H27N3O/c1-5-15(19-12-11-13(3)4)17-20-16-10-8-7-9-14(16)18(22)21(17)6-2/h7-10,13,15,19H,5-6,11-12H2,1-4H3. The summed E-state index contributed by atoms with van der Waals surface area (Å²) in [5.41, 5.74) is 0.850. The fraction of sp³-hybridized carbons (Fsp3) is 0.556. The van der Waals surface area contributed by atoms with Crippen molar-refractivity contribution in [1.82, 2.24) is 14.9 Å². The Bertz CT molecular complexity index is 676. The van der Waals surface area contributed by atoms with Crippen molar-refractivity contribution in [3.8, 4) is 0 Å². The van der Waals surface area contributed by atoms with Crippen molar-refractivity contribution < 1.29 is 0 Å². The smallest absolute Gasteiger partial charge is 0.261 e. The molecule has 0 fully saturated rings. The highest BCUT2D eigenvalue weighted by Gasteiger charge is 2.17. The second-order valence-corrected chi connectivity index (χ2v) is 6.13. The van der Waals surface area contributed by atoms with Crippen LogP contribution in [0.2, 0.25) is 0 Å². The van der Waals surface area contributed by atoms with Gasteiger partial charge in [-0.05, 0) is 44.4 Å². The van der Waals surface area contributed by atoms with Gasteiger partial charge in [0.25, 0.3) is 5.56 Å². The summed E-state index contributed by atoms with van der Waals surface area (Å²) in [6.07, 6.45) is 2.04. The molecule has 0 aliphatic rings. The summed E-state index contributed by atoms with van der Waals surface area (Å²) in [4.78, 5) is 17.5. The van der Waals surface area contributed by atoms with Crippen LogP contribution in [-0.4, -0.2) is 16.1 Å². The molecule has 1 heterocycles. The minimum Gasteiger partial charge on any atom is -0.307 e. The molecule has 0 saturated carbocycles. The van der Waals surface area contributed by atoms with Crippen LogP contribution in [-0.2, 0) is 6.54 Å². The maximum Gasteiger partial charge on any atom is 0.261 e.